The monoisotopic (exact) mass is 287 g/mol. The maximum absolute atomic E-state index is 13.1. The number of hydrogen-bond acceptors (Lipinski definition) is 3. The predicted molar refractivity (Wildman–Crippen MR) is 75.4 cm³/mol. The molecule has 21 heavy (non-hydrogen) atoms. The summed E-state index contributed by atoms with van der Waals surface area (Å²) in [6.07, 6.45) is 3.16. The quantitative estimate of drug-likeness (QED) is 0.709. The lowest BCUT2D eigenvalue weighted by Crippen LogP contribution is -2.25. The van der Waals surface area contributed by atoms with Gasteiger partial charge in [0.1, 0.15) is 11.6 Å². The van der Waals surface area contributed by atoms with Gasteiger partial charge in [-0.25, -0.2) is 9.37 Å². The molecule has 0 fully saturated rings. The summed E-state index contributed by atoms with van der Waals surface area (Å²) in [5.74, 6) is 0.416. The van der Waals surface area contributed by atoms with Crippen LogP contribution in [-0.4, -0.2) is 22.4 Å². The van der Waals surface area contributed by atoms with Crippen molar-refractivity contribution < 1.29 is 13.6 Å². The van der Waals surface area contributed by atoms with Gasteiger partial charge < -0.3 is 14.7 Å². The normalized spacial score (nSPS) is 10.9. The number of carbonyl (C=O) groups excluding carboxylic acids is 1. The molecule has 0 aliphatic carbocycles. The Morgan fingerprint density at radius 1 is 1.38 bits per heavy atom. The highest BCUT2D eigenvalue weighted by Gasteiger charge is 2.11. The Morgan fingerprint density at radius 3 is 3.10 bits per heavy atom. The maximum Gasteiger partial charge on any atom is 0.287 e. The molecular formula is C15H14FN3O2. The molecule has 0 bridgehead atoms. The minimum atomic E-state index is -0.364. The standard InChI is InChI=1S/C15H14FN3O2/c16-10-5-6-12-13(9-10)19-14(18-12)15(20)17-7-1-3-11-4-2-8-21-11/h2,4-6,8-9H,1,3,7H2,(H,17,20)(H,18,19). The average molecular weight is 287 g/mol. The number of rotatable bonds is 5. The van der Waals surface area contributed by atoms with Gasteiger partial charge in [-0.2, -0.15) is 0 Å². The summed E-state index contributed by atoms with van der Waals surface area (Å²) < 4.78 is 18.3. The van der Waals surface area contributed by atoms with Crippen LogP contribution in [-0.2, 0) is 6.42 Å². The van der Waals surface area contributed by atoms with Gasteiger partial charge in [0.2, 0.25) is 0 Å². The zero-order chi connectivity index (χ0) is 14.7. The number of aromatic nitrogens is 2. The van der Waals surface area contributed by atoms with Crippen LogP contribution in [0.2, 0.25) is 0 Å². The van der Waals surface area contributed by atoms with Gasteiger partial charge in [0, 0.05) is 13.0 Å². The van der Waals surface area contributed by atoms with E-state index in [2.05, 4.69) is 15.3 Å². The van der Waals surface area contributed by atoms with Crippen molar-refractivity contribution in [2.75, 3.05) is 6.54 Å². The van der Waals surface area contributed by atoms with Gasteiger partial charge in [0.15, 0.2) is 5.82 Å². The highest BCUT2D eigenvalue weighted by Crippen LogP contribution is 2.12. The molecule has 3 aromatic rings. The molecule has 0 radical (unpaired) electrons. The third-order valence-electron chi connectivity index (χ3n) is 3.12. The molecule has 0 spiro atoms. The number of benzene rings is 1. The Balaban J connectivity index is 1.56. The smallest absolute Gasteiger partial charge is 0.287 e. The molecule has 2 heterocycles. The van der Waals surface area contributed by atoms with Crippen LogP contribution >= 0.6 is 0 Å². The van der Waals surface area contributed by atoms with Crippen molar-refractivity contribution in [3.05, 3.63) is 54.0 Å². The predicted octanol–water partition coefficient (Wildman–Crippen LogP) is 2.66. The summed E-state index contributed by atoms with van der Waals surface area (Å²) in [6.45, 7) is 0.519. The fourth-order valence-corrected chi connectivity index (χ4v) is 2.09. The number of imidazole rings is 1. The highest BCUT2D eigenvalue weighted by molar-refractivity contribution is 5.94. The van der Waals surface area contributed by atoms with E-state index in [1.807, 2.05) is 12.1 Å². The number of carbonyl (C=O) groups is 1. The summed E-state index contributed by atoms with van der Waals surface area (Å²) in [6, 6.07) is 7.90. The number of hydrogen-bond donors (Lipinski definition) is 2. The molecule has 2 N–H and O–H groups in total. The van der Waals surface area contributed by atoms with Crippen molar-refractivity contribution in [3.63, 3.8) is 0 Å². The second kappa shape index (κ2) is 5.78. The molecule has 1 aromatic carbocycles. The second-order valence-corrected chi connectivity index (χ2v) is 4.69. The molecule has 3 rings (SSSR count). The van der Waals surface area contributed by atoms with Gasteiger partial charge in [-0.05, 0) is 36.8 Å². The SMILES string of the molecule is O=C(NCCCc1ccco1)c1nc2ccc(F)cc2[nH]1. The molecule has 6 heteroatoms. The molecular weight excluding hydrogens is 273 g/mol. The molecule has 0 atom stereocenters. The number of fused-ring (bicyclic) bond motifs is 1. The van der Waals surface area contributed by atoms with Crippen molar-refractivity contribution >= 4 is 16.9 Å². The van der Waals surface area contributed by atoms with E-state index >= 15 is 0 Å². The van der Waals surface area contributed by atoms with Crippen molar-refractivity contribution in [2.24, 2.45) is 0 Å². The Morgan fingerprint density at radius 2 is 2.29 bits per heavy atom. The summed E-state index contributed by atoms with van der Waals surface area (Å²) >= 11 is 0. The number of halogens is 1. The van der Waals surface area contributed by atoms with Gasteiger partial charge in [0.25, 0.3) is 5.91 Å². The van der Waals surface area contributed by atoms with Crippen molar-refractivity contribution in [1.29, 1.82) is 0 Å². The van der Waals surface area contributed by atoms with Gasteiger partial charge >= 0.3 is 0 Å². The number of amides is 1. The van der Waals surface area contributed by atoms with Crippen LogP contribution in [0.5, 0.6) is 0 Å². The topological polar surface area (TPSA) is 70.9 Å². The minimum Gasteiger partial charge on any atom is -0.469 e. The summed E-state index contributed by atoms with van der Waals surface area (Å²) in [7, 11) is 0. The van der Waals surface area contributed by atoms with Crippen LogP contribution < -0.4 is 5.32 Å². The van der Waals surface area contributed by atoms with Crippen LogP contribution in [0.4, 0.5) is 4.39 Å². The van der Waals surface area contributed by atoms with E-state index < -0.39 is 0 Å². The molecule has 5 nitrogen and oxygen atoms in total. The molecule has 108 valence electrons. The first kappa shape index (κ1) is 13.4. The highest BCUT2D eigenvalue weighted by atomic mass is 19.1. The molecule has 0 aliphatic rings. The molecule has 0 saturated carbocycles. The Bertz CT molecular complexity index is 749. The van der Waals surface area contributed by atoms with E-state index in [4.69, 9.17) is 4.42 Å². The number of nitrogens with one attached hydrogen (secondary N) is 2. The Kier molecular flexibility index (Phi) is 3.68. The lowest BCUT2D eigenvalue weighted by atomic mass is 10.2. The third-order valence-corrected chi connectivity index (χ3v) is 3.12. The lowest BCUT2D eigenvalue weighted by Gasteiger charge is -2.01. The van der Waals surface area contributed by atoms with Gasteiger partial charge in [-0.1, -0.05) is 0 Å². The largest absolute Gasteiger partial charge is 0.469 e. The fraction of sp³-hybridized carbons (Fsp3) is 0.200. The van der Waals surface area contributed by atoms with Gasteiger partial charge in [0.05, 0.1) is 17.3 Å². The second-order valence-electron chi connectivity index (χ2n) is 4.69. The van der Waals surface area contributed by atoms with Crippen LogP contribution in [0.25, 0.3) is 11.0 Å². The van der Waals surface area contributed by atoms with Gasteiger partial charge in [-0.15, -0.1) is 0 Å². The van der Waals surface area contributed by atoms with E-state index in [0.717, 1.165) is 18.6 Å². The van der Waals surface area contributed by atoms with E-state index in [0.29, 0.717) is 17.6 Å². The third kappa shape index (κ3) is 3.10. The van der Waals surface area contributed by atoms with E-state index in [1.165, 1.54) is 18.2 Å². The number of nitrogens with zero attached hydrogens (tertiary/aromatic N) is 1. The van der Waals surface area contributed by atoms with Crippen LogP contribution in [0.3, 0.4) is 0 Å². The molecule has 2 aromatic heterocycles. The Hall–Kier alpha value is -2.63. The number of aromatic amines is 1. The molecule has 1 amide bonds. The van der Waals surface area contributed by atoms with Crippen molar-refractivity contribution in [2.45, 2.75) is 12.8 Å². The fourth-order valence-electron chi connectivity index (χ4n) is 2.09. The van der Waals surface area contributed by atoms with E-state index in [-0.39, 0.29) is 17.5 Å². The first-order chi connectivity index (χ1) is 10.2. The van der Waals surface area contributed by atoms with Crippen molar-refractivity contribution in [1.82, 2.24) is 15.3 Å². The number of H-pyrrole nitrogens is 1. The lowest BCUT2D eigenvalue weighted by molar-refractivity contribution is 0.0944. The number of aryl methyl sites for hydroxylation is 1. The summed E-state index contributed by atoms with van der Waals surface area (Å²) in [5.41, 5.74) is 1.08. The molecule has 0 unspecified atom stereocenters. The molecule has 0 aliphatic heterocycles. The van der Waals surface area contributed by atoms with Gasteiger partial charge in [-0.3, -0.25) is 4.79 Å². The molecule has 0 saturated heterocycles. The Labute approximate surface area is 120 Å². The summed E-state index contributed by atoms with van der Waals surface area (Å²) in [5, 5.41) is 2.77. The zero-order valence-corrected chi connectivity index (χ0v) is 11.2. The maximum atomic E-state index is 13.1. The van der Waals surface area contributed by atoms with Crippen LogP contribution in [0, 0.1) is 5.82 Å². The van der Waals surface area contributed by atoms with E-state index in [9.17, 15) is 9.18 Å². The number of furan rings is 1. The first-order valence-electron chi connectivity index (χ1n) is 6.68. The van der Waals surface area contributed by atoms with Crippen LogP contribution in [0.15, 0.2) is 41.0 Å². The van der Waals surface area contributed by atoms with Crippen LogP contribution in [0.1, 0.15) is 22.8 Å². The van der Waals surface area contributed by atoms with Crippen molar-refractivity contribution in [3.8, 4) is 0 Å². The zero-order valence-electron chi connectivity index (χ0n) is 11.2. The summed E-state index contributed by atoms with van der Waals surface area (Å²) in [4.78, 5) is 18.9. The first-order valence-corrected chi connectivity index (χ1v) is 6.68. The average Bonchev–Trinajstić information content (AvgIpc) is 3.11. The minimum absolute atomic E-state index is 0.189. The van der Waals surface area contributed by atoms with E-state index in [1.54, 1.807) is 6.26 Å².